The van der Waals surface area contributed by atoms with Crippen molar-refractivity contribution < 1.29 is 9.47 Å². The number of aryl methyl sites for hydroxylation is 1. The summed E-state index contributed by atoms with van der Waals surface area (Å²) in [5, 5.41) is 3.42. The van der Waals surface area contributed by atoms with Gasteiger partial charge in [0.2, 0.25) is 0 Å². The van der Waals surface area contributed by atoms with E-state index in [1.807, 2.05) is 12.1 Å². The molecule has 0 saturated heterocycles. The second-order valence-corrected chi connectivity index (χ2v) is 5.20. The highest BCUT2D eigenvalue weighted by atomic mass is 16.5. The lowest BCUT2D eigenvalue weighted by Gasteiger charge is -2.15. The van der Waals surface area contributed by atoms with Crippen LogP contribution >= 0.6 is 0 Å². The number of nitrogens with one attached hydrogen (secondary N) is 1. The minimum atomic E-state index is 0.730. The third-order valence-corrected chi connectivity index (χ3v) is 3.53. The van der Waals surface area contributed by atoms with Gasteiger partial charge in [-0.05, 0) is 43.2 Å². The first-order valence-corrected chi connectivity index (χ1v) is 7.33. The molecule has 2 aromatic carbocycles. The zero-order valence-corrected chi connectivity index (χ0v) is 13.5. The molecule has 0 radical (unpaired) electrons. The lowest BCUT2D eigenvalue weighted by atomic mass is 10.1. The Morgan fingerprint density at radius 2 is 1.82 bits per heavy atom. The van der Waals surface area contributed by atoms with Gasteiger partial charge in [0.1, 0.15) is 0 Å². The van der Waals surface area contributed by atoms with Crippen molar-refractivity contribution in [3.05, 3.63) is 65.7 Å². The van der Waals surface area contributed by atoms with Crippen molar-refractivity contribution in [3.63, 3.8) is 0 Å². The van der Waals surface area contributed by atoms with Gasteiger partial charge in [0.15, 0.2) is 11.5 Å². The molecule has 0 aliphatic heterocycles. The molecule has 0 aromatic heterocycles. The molecule has 0 spiro atoms. The SMILES string of the molecule is C=CCc1cc(CNc2ccc(C)cc2)cc(OC)c1OC. The molecule has 0 aliphatic rings. The zero-order valence-electron chi connectivity index (χ0n) is 13.5. The molecular formula is C19H23NO2. The lowest BCUT2D eigenvalue weighted by molar-refractivity contribution is 0.352. The lowest BCUT2D eigenvalue weighted by Crippen LogP contribution is -2.03. The predicted octanol–water partition coefficient (Wildman–Crippen LogP) is 4.35. The fourth-order valence-corrected chi connectivity index (χ4v) is 2.39. The van der Waals surface area contributed by atoms with Crippen molar-refractivity contribution in [3.8, 4) is 11.5 Å². The molecule has 3 heteroatoms. The average molecular weight is 297 g/mol. The molecule has 0 atom stereocenters. The summed E-state index contributed by atoms with van der Waals surface area (Å²) in [5.41, 5.74) is 4.59. The van der Waals surface area contributed by atoms with Gasteiger partial charge in [-0.25, -0.2) is 0 Å². The Morgan fingerprint density at radius 1 is 1.09 bits per heavy atom. The standard InChI is InChI=1S/C19H23NO2/c1-5-6-16-11-15(12-18(21-3)19(16)22-4)13-20-17-9-7-14(2)8-10-17/h5,7-12,20H,1,6,13H2,2-4H3. The van der Waals surface area contributed by atoms with Crippen LogP contribution in [0.1, 0.15) is 16.7 Å². The van der Waals surface area contributed by atoms with Gasteiger partial charge in [-0.1, -0.05) is 23.8 Å². The number of allylic oxidation sites excluding steroid dienone is 1. The Morgan fingerprint density at radius 3 is 2.41 bits per heavy atom. The summed E-state index contributed by atoms with van der Waals surface area (Å²) in [4.78, 5) is 0. The van der Waals surface area contributed by atoms with Crippen LogP contribution in [0.4, 0.5) is 5.69 Å². The fraction of sp³-hybridized carbons (Fsp3) is 0.263. The van der Waals surface area contributed by atoms with E-state index < -0.39 is 0 Å². The Kier molecular flexibility index (Phi) is 5.48. The number of rotatable bonds is 7. The summed E-state index contributed by atoms with van der Waals surface area (Å²) in [7, 11) is 3.32. The van der Waals surface area contributed by atoms with E-state index in [9.17, 15) is 0 Å². The van der Waals surface area contributed by atoms with Gasteiger partial charge in [0.05, 0.1) is 14.2 Å². The first kappa shape index (κ1) is 16.0. The normalized spacial score (nSPS) is 10.1. The minimum absolute atomic E-state index is 0.730. The average Bonchev–Trinajstić information content (AvgIpc) is 2.54. The van der Waals surface area contributed by atoms with Gasteiger partial charge in [-0.3, -0.25) is 0 Å². The molecule has 2 aromatic rings. The number of anilines is 1. The number of methoxy groups -OCH3 is 2. The van der Waals surface area contributed by atoms with Gasteiger partial charge in [0, 0.05) is 17.8 Å². The number of hydrogen-bond acceptors (Lipinski definition) is 3. The number of hydrogen-bond donors (Lipinski definition) is 1. The van der Waals surface area contributed by atoms with Crippen LogP contribution in [0.2, 0.25) is 0 Å². The van der Waals surface area contributed by atoms with E-state index in [2.05, 4.69) is 49.2 Å². The van der Waals surface area contributed by atoms with Crippen LogP contribution in [-0.4, -0.2) is 14.2 Å². The third kappa shape index (κ3) is 3.82. The maximum absolute atomic E-state index is 5.46. The second kappa shape index (κ2) is 7.55. The molecule has 0 fully saturated rings. The summed E-state index contributed by atoms with van der Waals surface area (Å²) in [6.07, 6.45) is 2.62. The molecule has 0 amide bonds. The van der Waals surface area contributed by atoms with E-state index in [1.54, 1.807) is 14.2 Å². The molecule has 22 heavy (non-hydrogen) atoms. The molecule has 0 unspecified atom stereocenters. The van der Waals surface area contributed by atoms with E-state index >= 15 is 0 Å². The van der Waals surface area contributed by atoms with Crippen molar-refractivity contribution in [2.45, 2.75) is 19.9 Å². The van der Waals surface area contributed by atoms with Crippen LogP contribution in [0.15, 0.2) is 49.1 Å². The van der Waals surface area contributed by atoms with Gasteiger partial charge >= 0.3 is 0 Å². The van der Waals surface area contributed by atoms with E-state index in [1.165, 1.54) is 5.56 Å². The molecule has 0 saturated carbocycles. The predicted molar refractivity (Wildman–Crippen MR) is 92.0 cm³/mol. The molecular weight excluding hydrogens is 274 g/mol. The third-order valence-electron chi connectivity index (χ3n) is 3.53. The zero-order chi connectivity index (χ0) is 15.9. The van der Waals surface area contributed by atoms with E-state index in [0.717, 1.165) is 41.3 Å². The summed E-state index contributed by atoms with van der Waals surface area (Å²) >= 11 is 0. The van der Waals surface area contributed by atoms with E-state index in [0.29, 0.717) is 0 Å². The Bertz CT molecular complexity index is 633. The largest absolute Gasteiger partial charge is 0.493 e. The highest BCUT2D eigenvalue weighted by molar-refractivity contribution is 5.52. The first-order valence-electron chi connectivity index (χ1n) is 7.33. The van der Waals surface area contributed by atoms with E-state index in [4.69, 9.17) is 9.47 Å². The van der Waals surface area contributed by atoms with Crippen LogP contribution in [0.3, 0.4) is 0 Å². The molecule has 3 nitrogen and oxygen atoms in total. The Hall–Kier alpha value is -2.42. The van der Waals surface area contributed by atoms with Crippen molar-refractivity contribution in [1.29, 1.82) is 0 Å². The molecule has 1 N–H and O–H groups in total. The molecule has 0 aliphatic carbocycles. The smallest absolute Gasteiger partial charge is 0.164 e. The maximum atomic E-state index is 5.46. The summed E-state index contributed by atoms with van der Waals surface area (Å²) in [5.74, 6) is 1.53. The quantitative estimate of drug-likeness (QED) is 0.771. The Balaban J connectivity index is 2.21. The minimum Gasteiger partial charge on any atom is -0.493 e. The van der Waals surface area contributed by atoms with Crippen LogP contribution in [0, 0.1) is 6.92 Å². The molecule has 2 rings (SSSR count). The van der Waals surface area contributed by atoms with Gasteiger partial charge in [-0.15, -0.1) is 6.58 Å². The van der Waals surface area contributed by atoms with Crippen LogP contribution in [-0.2, 0) is 13.0 Å². The van der Waals surface area contributed by atoms with Crippen molar-refractivity contribution >= 4 is 5.69 Å². The van der Waals surface area contributed by atoms with Gasteiger partial charge in [-0.2, -0.15) is 0 Å². The Labute approximate surface area is 132 Å². The van der Waals surface area contributed by atoms with Crippen molar-refractivity contribution in [2.75, 3.05) is 19.5 Å². The number of ether oxygens (including phenoxy) is 2. The second-order valence-electron chi connectivity index (χ2n) is 5.20. The first-order chi connectivity index (χ1) is 10.7. The van der Waals surface area contributed by atoms with Crippen LogP contribution in [0.25, 0.3) is 0 Å². The molecule has 116 valence electrons. The summed E-state index contributed by atoms with van der Waals surface area (Å²) in [6.45, 7) is 6.62. The van der Waals surface area contributed by atoms with E-state index in [-0.39, 0.29) is 0 Å². The van der Waals surface area contributed by atoms with Crippen molar-refractivity contribution in [1.82, 2.24) is 0 Å². The van der Waals surface area contributed by atoms with Crippen molar-refractivity contribution in [2.24, 2.45) is 0 Å². The van der Waals surface area contributed by atoms with Crippen LogP contribution < -0.4 is 14.8 Å². The summed E-state index contributed by atoms with van der Waals surface area (Å²) < 4.78 is 10.9. The summed E-state index contributed by atoms with van der Waals surface area (Å²) in [6, 6.07) is 12.5. The number of benzene rings is 2. The molecule has 0 heterocycles. The highest BCUT2D eigenvalue weighted by Gasteiger charge is 2.11. The monoisotopic (exact) mass is 297 g/mol. The highest BCUT2D eigenvalue weighted by Crippen LogP contribution is 2.33. The van der Waals surface area contributed by atoms with Gasteiger partial charge < -0.3 is 14.8 Å². The maximum Gasteiger partial charge on any atom is 0.164 e. The molecule has 0 bridgehead atoms. The van der Waals surface area contributed by atoms with Crippen LogP contribution in [0.5, 0.6) is 11.5 Å². The van der Waals surface area contributed by atoms with Gasteiger partial charge in [0.25, 0.3) is 0 Å². The topological polar surface area (TPSA) is 30.5 Å². The fourth-order valence-electron chi connectivity index (χ4n) is 2.39.